The number of para-hydroxylation sites is 1. The van der Waals surface area contributed by atoms with Gasteiger partial charge in [0.1, 0.15) is 5.82 Å². The van der Waals surface area contributed by atoms with E-state index in [0.717, 1.165) is 48.2 Å². The minimum absolute atomic E-state index is 0.0460. The number of hydrogen-bond donors (Lipinski definition) is 3. The summed E-state index contributed by atoms with van der Waals surface area (Å²) in [5.74, 6) is -1.14. The van der Waals surface area contributed by atoms with Crippen molar-refractivity contribution in [2.75, 3.05) is 0 Å². The summed E-state index contributed by atoms with van der Waals surface area (Å²) in [6, 6.07) is 20.4. The van der Waals surface area contributed by atoms with E-state index in [2.05, 4.69) is 23.4 Å². The van der Waals surface area contributed by atoms with Crippen LogP contribution in [0.1, 0.15) is 59.4 Å². The summed E-state index contributed by atoms with van der Waals surface area (Å²) in [5, 5.41) is 27.9. The second-order valence-electron chi connectivity index (χ2n) is 10.8. The number of nitrogens with one attached hydrogen (secondary N) is 1. The first kappa shape index (κ1) is 24.9. The lowest BCUT2D eigenvalue weighted by Gasteiger charge is -2.37. The van der Waals surface area contributed by atoms with Crippen LogP contribution in [0.25, 0.3) is 11.8 Å². The summed E-state index contributed by atoms with van der Waals surface area (Å²) < 4.78 is 15.4. The van der Waals surface area contributed by atoms with Crippen LogP contribution in [0.5, 0.6) is 11.5 Å². The molecule has 39 heavy (non-hydrogen) atoms. The van der Waals surface area contributed by atoms with Gasteiger partial charge in [0.05, 0.1) is 29.2 Å². The lowest BCUT2D eigenvalue weighted by atomic mass is 9.68. The number of rotatable bonds is 6. The lowest BCUT2D eigenvalue weighted by Crippen LogP contribution is -2.35. The largest absolute Gasteiger partial charge is 0.504 e. The molecule has 3 N–H and O–H groups in total. The number of aromatic nitrogens is 2. The van der Waals surface area contributed by atoms with E-state index in [4.69, 9.17) is 0 Å². The number of aromatic hydroxyl groups is 2. The zero-order chi connectivity index (χ0) is 27.1. The number of phenolic OH excluding ortho intramolecular Hbond substituents is 2. The standard InChI is InChI=1S/C32H30FN3O3/c1-32-18-21-19-34-36(25-14-12-24(33)13-15-25)28(21)17-23(32)11-10-22(32)16-27(20-6-3-2-4-7-20)35-31(39)26-8-5-9-29(37)30(26)38/h2-9,12-15,17,19,22,27,37-38H,10-11,16,18H2,1H3,(H,35,39)/t22-,27?,32-/m1/s1. The van der Waals surface area contributed by atoms with Crippen molar-refractivity contribution in [1.82, 2.24) is 15.1 Å². The summed E-state index contributed by atoms with van der Waals surface area (Å²) >= 11 is 0. The molecule has 0 spiro atoms. The molecule has 0 saturated heterocycles. The molecule has 198 valence electrons. The highest BCUT2D eigenvalue weighted by molar-refractivity contribution is 5.97. The average Bonchev–Trinajstić information content (AvgIpc) is 3.48. The third-order valence-electron chi connectivity index (χ3n) is 8.51. The highest BCUT2D eigenvalue weighted by Gasteiger charge is 2.46. The number of benzene rings is 3. The number of allylic oxidation sites excluding steroid dienone is 1. The zero-order valence-corrected chi connectivity index (χ0v) is 21.6. The summed E-state index contributed by atoms with van der Waals surface area (Å²) in [5.41, 5.74) is 5.35. The minimum Gasteiger partial charge on any atom is -0.504 e. The van der Waals surface area contributed by atoms with Gasteiger partial charge in [-0.15, -0.1) is 0 Å². The fourth-order valence-corrected chi connectivity index (χ4v) is 6.30. The Hall–Kier alpha value is -4.39. The van der Waals surface area contributed by atoms with Gasteiger partial charge in [-0.2, -0.15) is 5.10 Å². The van der Waals surface area contributed by atoms with Crippen LogP contribution in [0.2, 0.25) is 0 Å². The van der Waals surface area contributed by atoms with Gasteiger partial charge in [0.15, 0.2) is 11.5 Å². The second-order valence-corrected chi connectivity index (χ2v) is 10.8. The maximum absolute atomic E-state index is 13.5. The Morgan fingerprint density at radius 2 is 1.87 bits per heavy atom. The van der Waals surface area contributed by atoms with Crippen LogP contribution >= 0.6 is 0 Å². The molecule has 2 aliphatic rings. The van der Waals surface area contributed by atoms with Crippen LogP contribution in [0.4, 0.5) is 4.39 Å². The third kappa shape index (κ3) is 4.48. The number of halogens is 1. The normalized spacial score (nSPS) is 20.6. The SMILES string of the molecule is C[C@]12Cc3cnn(-c4ccc(F)cc4)c3C=C1CC[C@@H]2CC(NC(=O)c1cccc(O)c1O)c1ccccc1. The number of amides is 1. The van der Waals surface area contributed by atoms with Crippen LogP contribution in [-0.2, 0) is 6.42 Å². The van der Waals surface area contributed by atoms with Gasteiger partial charge in [0.25, 0.3) is 5.91 Å². The van der Waals surface area contributed by atoms with E-state index in [9.17, 15) is 19.4 Å². The molecule has 3 aromatic carbocycles. The Bertz CT molecular complexity index is 1560. The second kappa shape index (κ2) is 9.73. The summed E-state index contributed by atoms with van der Waals surface area (Å²) in [6.07, 6.45) is 7.67. The highest BCUT2D eigenvalue weighted by atomic mass is 19.1. The smallest absolute Gasteiger partial charge is 0.255 e. The summed E-state index contributed by atoms with van der Waals surface area (Å²) in [6.45, 7) is 2.31. The third-order valence-corrected chi connectivity index (χ3v) is 8.51. The average molecular weight is 524 g/mol. The van der Waals surface area contributed by atoms with Crippen LogP contribution in [-0.4, -0.2) is 25.9 Å². The molecule has 1 amide bonds. The number of hydrogen-bond acceptors (Lipinski definition) is 4. The molecule has 6 nitrogen and oxygen atoms in total. The Kier molecular flexibility index (Phi) is 6.22. The number of carbonyl (C=O) groups is 1. The maximum Gasteiger partial charge on any atom is 0.255 e. The molecular formula is C32H30FN3O3. The van der Waals surface area contributed by atoms with E-state index in [1.54, 1.807) is 18.2 Å². The van der Waals surface area contributed by atoms with Gasteiger partial charge in [-0.25, -0.2) is 9.07 Å². The molecule has 7 heteroatoms. The molecule has 0 bridgehead atoms. The van der Waals surface area contributed by atoms with Gasteiger partial charge in [-0.3, -0.25) is 4.79 Å². The molecule has 0 radical (unpaired) electrons. The fourth-order valence-electron chi connectivity index (χ4n) is 6.30. The molecule has 6 rings (SSSR count). The molecule has 1 fully saturated rings. The predicted molar refractivity (Wildman–Crippen MR) is 147 cm³/mol. The van der Waals surface area contributed by atoms with E-state index in [1.807, 2.05) is 41.2 Å². The summed E-state index contributed by atoms with van der Waals surface area (Å²) in [4.78, 5) is 13.2. The highest BCUT2D eigenvalue weighted by Crippen LogP contribution is 2.55. The van der Waals surface area contributed by atoms with E-state index in [-0.39, 0.29) is 28.6 Å². The number of carbonyl (C=O) groups excluding carboxylic acids is 1. The van der Waals surface area contributed by atoms with Gasteiger partial charge < -0.3 is 15.5 Å². The van der Waals surface area contributed by atoms with Crippen molar-refractivity contribution in [2.24, 2.45) is 11.3 Å². The predicted octanol–water partition coefficient (Wildman–Crippen LogP) is 6.34. The molecule has 2 aliphatic carbocycles. The fraction of sp³-hybridized carbons (Fsp3) is 0.250. The van der Waals surface area contributed by atoms with Gasteiger partial charge in [0, 0.05) is 0 Å². The Balaban J connectivity index is 1.28. The molecular weight excluding hydrogens is 493 g/mol. The van der Waals surface area contributed by atoms with Gasteiger partial charge in [-0.1, -0.05) is 48.9 Å². The van der Waals surface area contributed by atoms with Gasteiger partial charge >= 0.3 is 0 Å². The molecule has 3 atom stereocenters. The van der Waals surface area contributed by atoms with E-state index in [1.165, 1.54) is 29.8 Å². The molecule has 1 heterocycles. The van der Waals surface area contributed by atoms with Crippen molar-refractivity contribution in [2.45, 2.75) is 38.6 Å². The number of nitrogens with zero attached hydrogens (tertiary/aromatic N) is 2. The van der Waals surface area contributed by atoms with Crippen molar-refractivity contribution in [3.63, 3.8) is 0 Å². The van der Waals surface area contributed by atoms with Crippen molar-refractivity contribution in [1.29, 1.82) is 0 Å². The molecule has 1 saturated carbocycles. The first-order valence-electron chi connectivity index (χ1n) is 13.2. The van der Waals surface area contributed by atoms with Crippen molar-refractivity contribution < 1.29 is 19.4 Å². The monoisotopic (exact) mass is 523 g/mol. The Morgan fingerprint density at radius 3 is 2.64 bits per heavy atom. The van der Waals surface area contributed by atoms with Crippen molar-refractivity contribution in [3.05, 3.63) is 113 Å². The number of fused-ring (bicyclic) bond motifs is 2. The van der Waals surface area contributed by atoms with E-state index >= 15 is 0 Å². The topological polar surface area (TPSA) is 87.4 Å². The van der Waals surface area contributed by atoms with Gasteiger partial charge in [-0.05, 0) is 90.6 Å². The molecule has 4 aromatic rings. The lowest BCUT2D eigenvalue weighted by molar-refractivity contribution is 0.0920. The Labute approximate surface area is 226 Å². The maximum atomic E-state index is 13.5. The van der Waals surface area contributed by atoms with Crippen LogP contribution < -0.4 is 5.32 Å². The minimum atomic E-state index is -0.428. The molecule has 0 aliphatic heterocycles. The van der Waals surface area contributed by atoms with E-state index in [0.29, 0.717) is 5.92 Å². The van der Waals surface area contributed by atoms with Crippen molar-refractivity contribution in [3.8, 4) is 17.2 Å². The zero-order valence-electron chi connectivity index (χ0n) is 21.6. The van der Waals surface area contributed by atoms with Crippen molar-refractivity contribution >= 4 is 12.0 Å². The van der Waals surface area contributed by atoms with E-state index < -0.39 is 11.7 Å². The van der Waals surface area contributed by atoms with Crippen LogP contribution in [0.3, 0.4) is 0 Å². The first-order chi connectivity index (χ1) is 18.8. The van der Waals surface area contributed by atoms with Gasteiger partial charge in [0.2, 0.25) is 0 Å². The number of phenols is 2. The van der Waals surface area contributed by atoms with Crippen LogP contribution in [0.15, 0.2) is 84.6 Å². The first-order valence-corrected chi connectivity index (χ1v) is 13.2. The molecule has 1 unspecified atom stereocenters. The van der Waals surface area contributed by atoms with Crippen LogP contribution in [0, 0.1) is 17.2 Å². The summed E-state index contributed by atoms with van der Waals surface area (Å²) in [7, 11) is 0. The molecule has 1 aromatic heterocycles. The Morgan fingerprint density at radius 1 is 1.10 bits per heavy atom. The quantitative estimate of drug-likeness (QED) is 0.257.